The van der Waals surface area contributed by atoms with Crippen LogP contribution in [0.5, 0.6) is 0 Å². The van der Waals surface area contributed by atoms with Crippen LogP contribution in [0.4, 0.5) is 0 Å². The number of carbonyl (C=O) groups is 1. The molecule has 0 aliphatic rings. The van der Waals surface area contributed by atoms with Crippen molar-refractivity contribution < 1.29 is 13.2 Å². The highest BCUT2D eigenvalue weighted by Crippen LogP contribution is 2.16. The van der Waals surface area contributed by atoms with E-state index < -0.39 is 15.9 Å². The topological polar surface area (TPSA) is 78.8 Å². The number of hydrogen-bond donors (Lipinski definition) is 1. The average Bonchev–Trinajstić information content (AvgIpc) is 2.83. The van der Waals surface area contributed by atoms with Crippen LogP contribution in [0.15, 0.2) is 94.9 Å². The SMILES string of the molecule is CC(C)c1ccc(/C=N/NC(=O)CN(CCc2ccccc2)S(=O)(=O)c2ccccc2)cc1. The van der Waals surface area contributed by atoms with Gasteiger partial charge in [0.05, 0.1) is 17.7 Å². The Morgan fingerprint density at radius 2 is 1.55 bits per heavy atom. The molecule has 172 valence electrons. The molecule has 3 rings (SSSR count). The second-order valence-corrected chi connectivity index (χ2v) is 9.94. The van der Waals surface area contributed by atoms with Gasteiger partial charge in [0.1, 0.15) is 0 Å². The molecule has 6 nitrogen and oxygen atoms in total. The van der Waals surface area contributed by atoms with Gasteiger partial charge in [-0.25, -0.2) is 13.8 Å². The molecular formula is C26H29N3O3S. The monoisotopic (exact) mass is 463 g/mol. The molecule has 0 saturated carbocycles. The average molecular weight is 464 g/mol. The fourth-order valence-electron chi connectivity index (χ4n) is 3.27. The van der Waals surface area contributed by atoms with E-state index in [1.807, 2.05) is 54.6 Å². The smallest absolute Gasteiger partial charge is 0.255 e. The predicted octanol–water partition coefficient (Wildman–Crippen LogP) is 4.19. The van der Waals surface area contributed by atoms with Crippen molar-refractivity contribution in [3.05, 3.63) is 102 Å². The first-order chi connectivity index (χ1) is 15.9. The maximum absolute atomic E-state index is 13.2. The van der Waals surface area contributed by atoms with Gasteiger partial charge in [-0.3, -0.25) is 4.79 Å². The highest BCUT2D eigenvalue weighted by molar-refractivity contribution is 7.89. The molecule has 0 spiro atoms. The highest BCUT2D eigenvalue weighted by atomic mass is 32.2. The summed E-state index contributed by atoms with van der Waals surface area (Å²) in [7, 11) is -3.84. The zero-order valence-electron chi connectivity index (χ0n) is 18.9. The van der Waals surface area contributed by atoms with Crippen molar-refractivity contribution in [3.63, 3.8) is 0 Å². The van der Waals surface area contributed by atoms with Crippen LogP contribution < -0.4 is 5.43 Å². The van der Waals surface area contributed by atoms with Gasteiger partial charge in [-0.15, -0.1) is 0 Å². The van der Waals surface area contributed by atoms with Gasteiger partial charge in [0.2, 0.25) is 10.0 Å². The number of carbonyl (C=O) groups excluding carboxylic acids is 1. The minimum Gasteiger partial charge on any atom is -0.272 e. The van der Waals surface area contributed by atoms with Crippen LogP contribution in [0.3, 0.4) is 0 Å². The normalized spacial score (nSPS) is 11.9. The van der Waals surface area contributed by atoms with Gasteiger partial charge in [0.15, 0.2) is 0 Å². The number of rotatable bonds is 10. The van der Waals surface area contributed by atoms with E-state index in [1.165, 1.54) is 22.0 Å². The Hall–Kier alpha value is -3.29. The quantitative estimate of drug-likeness (QED) is 0.362. The van der Waals surface area contributed by atoms with E-state index in [4.69, 9.17) is 0 Å². The second-order valence-electron chi connectivity index (χ2n) is 8.00. The molecular weight excluding hydrogens is 434 g/mol. The van der Waals surface area contributed by atoms with Gasteiger partial charge < -0.3 is 0 Å². The summed E-state index contributed by atoms with van der Waals surface area (Å²) in [4.78, 5) is 12.7. The molecule has 0 aliphatic heterocycles. The summed E-state index contributed by atoms with van der Waals surface area (Å²) >= 11 is 0. The largest absolute Gasteiger partial charge is 0.272 e. The number of nitrogens with zero attached hydrogens (tertiary/aromatic N) is 2. The summed E-state index contributed by atoms with van der Waals surface area (Å²) in [6.45, 7) is 4.09. The Balaban J connectivity index is 1.68. The third-order valence-electron chi connectivity index (χ3n) is 5.20. The van der Waals surface area contributed by atoms with E-state index in [2.05, 4.69) is 24.4 Å². The molecule has 1 amide bonds. The van der Waals surface area contributed by atoms with E-state index in [9.17, 15) is 13.2 Å². The lowest BCUT2D eigenvalue weighted by atomic mass is 10.0. The van der Waals surface area contributed by atoms with E-state index in [-0.39, 0.29) is 18.0 Å². The van der Waals surface area contributed by atoms with Gasteiger partial charge in [0, 0.05) is 6.54 Å². The van der Waals surface area contributed by atoms with Crippen LogP contribution in [0.25, 0.3) is 0 Å². The van der Waals surface area contributed by atoms with Crippen LogP contribution in [0.1, 0.15) is 36.5 Å². The molecule has 0 atom stereocenters. The summed E-state index contributed by atoms with van der Waals surface area (Å²) in [6, 6.07) is 25.6. The lowest BCUT2D eigenvalue weighted by Gasteiger charge is -2.21. The Labute approximate surface area is 196 Å². The second kappa shape index (κ2) is 11.5. The van der Waals surface area contributed by atoms with Gasteiger partial charge in [0.25, 0.3) is 5.91 Å². The lowest BCUT2D eigenvalue weighted by Crippen LogP contribution is -2.40. The zero-order chi connectivity index (χ0) is 23.7. The molecule has 33 heavy (non-hydrogen) atoms. The molecule has 0 aliphatic carbocycles. The number of hydrazone groups is 1. The summed E-state index contributed by atoms with van der Waals surface area (Å²) in [5.41, 5.74) is 5.50. The predicted molar refractivity (Wildman–Crippen MR) is 132 cm³/mol. The molecule has 0 saturated heterocycles. The number of sulfonamides is 1. The number of nitrogens with one attached hydrogen (secondary N) is 1. The Bertz CT molecular complexity index is 1160. The minimum absolute atomic E-state index is 0.152. The lowest BCUT2D eigenvalue weighted by molar-refractivity contribution is -0.121. The fourth-order valence-corrected chi connectivity index (χ4v) is 4.68. The fraction of sp³-hybridized carbons (Fsp3) is 0.231. The molecule has 1 N–H and O–H groups in total. The van der Waals surface area contributed by atoms with Crippen LogP contribution >= 0.6 is 0 Å². The van der Waals surface area contributed by atoms with Gasteiger partial charge >= 0.3 is 0 Å². The summed E-state index contributed by atoms with van der Waals surface area (Å²) in [5, 5.41) is 4.00. The first kappa shape index (κ1) is 24.4. The van der Waals surface area contributed by atoms with Crippen molar-refractivity contribution in [1.82, 2.24) is 9.73 Å². The van der Waals surface area contributed by atoms with Crippen LogP contribution in [-0.2, 0) is 21.2 Å². The maximum Gasteiger partial charge on any atom is 0.255 e. The maximum atomic E-state index is 13.2. The third kappa shape index (κ3) is 7.10. The number of benzene rings is 3. The van der Waals surface area contributed by atoms with E-state index in [0.29, 0.717) is 12.3 Å². The van der Waals surface area contributed by atoms with Crippen molar-refractivity contribution in [2.24, 2.45) is 5.10 Å². The standard InChI is InChI=1S/C26H29N3O3S/c1-21(2)24-15-13-23(14-16-24)19-27-28-26(30)20-29(18-17-22-9-5-3-6-10-22)33(31,32)25-11-7-4-8-12-25/h3-16,19,21H,17-18,20H2,1-2H3,(H,28,30)/b27-19+. The van der Waals surface area contributed by atoms with Crippen molar-refractivity contribution in [2.45, 2.75) is 31.1 Å². The molecule has 0 fully saturated rings. The van der Waals surface area contributed by atoms with Crippen LogP contribution in [-0.4, -0.2) is 37.9 Å². The van der Waals surface area contributed by atoms with E-state index in [1.54, 1.807) is 24.4 Å². The first-order valence-corrected chi connectivity index (χ1v) is 12.3. The van der Waals surface area contributed by atoms with Crippen molar-refractivity contribution in [3.8, 4) is 0 Å². The number of hydrogen-bond acceptors (Lipinski definition) is 4. The molecule has 3 aromatic rings. The minimum atomic E-state index is -3.84. The Morgan fingerprint density at radius 1 is 0.939 bits per heavy atom. The first-order valence-electron chi connectivity index (χ1n) is 10.9. The van der Waals surface area contributed by atoms with Crippen molar-refractivity contribution >= 4 is 22.1 Å². The van der Waals surface area contributed by atoms with Crippen LogP contribution in [0.2, 0.25) is 0 Å². The van der Waals surface area contributed by atoms with Gasteiger partial charge in [-0.05, 0) is 41.2 Å². The van der Waals surface area contributed by atoms with Gasteiger partial charge in [-0.2, -0.15) is 9.41 Å². The summed E-state index contributed by atoms with van der Waals surface area (Å²) in [6.07, 6.45) is 2.04. The third-order valence-corrected chi connectivity index (χ3v) is 7.06. The number of amides is 1. The zero-order valence-corrected chi connectivity index (χ0v) is 19.7. The van der Waals surface area contributed by atoms with E-state index in [0.717, 1.165) is 11.1 Å². The summed E-state index contributed by atoms with van der Waals surface area (Å²) < 4.78 is 27.5. The van der Waals surface area contributed by atoms with Crippen molar-refractivity contribution in [1.29, 1.82) is 0 Å². The molecule has 7 heteroatoms. The highest BCUT2D eigenvalue weighted by Gasteiger charge is 2.26. The van der Waals surface area contributed by atoms with Crippen LogP contribution in [0, 0.1) is 0 Å². The van der Waals surface area contributed by atoms with Gasteiger partial charge in [-0.1, -0.05) is 86.6 Å². The Kier molecular flexibility index (Phi) is 8.52. The molecule has 0 radical (unpaired) electrons. The molecule has 0 bridgehead atoms. The molecule has 3 aromatic carbocycles. The summed E-state index contributed by atoms with van der Waals surface area (Å²) in [5.74, 6) is -0.0678. The van der Waals surface area contributed by atoms with Crippen molar-refractivity contribution in [2.75, 3.05) is 13.1 Å². The van der Waals surface area contributed by atoms with E-state index >= 15 is 0 Å². The molecule has 0 aromatic heterocycles. The Morgan fingerprint density at radius 3 is 2.15 bits per heavy atom. The molecule has 0 heterocycles. The molecule has 0 unspecified atom stereocenters.